The van der Waals surface area contributed by atoms with E-state index in [1.807, 2.05) is 4.72 Å². The lowest BCUT2D eigenvalue weighted by molar-refractivity contribution is -0.384. The van der Waals surface area contributed by atoms with Crippen LogP contribution < -0.4 is 29.1 Å². The molecule has 4 aliphatic rings. The monoisotopic (exact) mass is 1110 g/mol. The first kappa shape index (κ1) is 55.3. The van der Waals surface area contributed by atoms with Crippen molar-refractivity contribution in [2.45, 2.75) is 107 Å². The second-order valence-electron chi connectivity index (χ2n) is 22.3. The molecular formula is C57H66F3N9O9S. The van der Waals surface area contributed by atoms with Crippen molar-refractivity contribution in [3.8, 4) is 23.1 Å². The minimum absolute atomic E-state index is 0.0315. The highest BCUT2D eigenvalue weighted by atomic mass is 32.2. The van der Waals surface area contributed by atoms with Crippen LogP contribution >= 0.6 is 0 Å². The van der Waals surface area contributed by atoms with Crippen molar-refractivity contribution >= 4 is 44.2 Å². The van der Waals surface area contributed by atoms with Gasteiger partial charge in [0.15, 0.2) is 17.3 Å². The normalized spacial score (nSPS) is 21.0. The van der Waals surface area contributed by atoms with E-state index in [1.165, 1.54) is 43.5 Å². The number of piperazine rings is 1. The minimum atomic E-state index is -4.77. The number of nitrogens with zero attached hydrogens (tertiary/aromatic N) is 6. The summed E-state index contributed by atoms with van der Waals surface area (Å²) >= 11 is 0. The zero-order valence-corrected chi connectivity index (χ0v) is 45.7. The number of amides is 1. The number of hydrogen-bond acceptors (Lipinski definition) is 15. The largest absolute Gasteiger partial charge is 0.494 e. The second kappa shape index (κ2) is 22.3. The van der Waals surface area contributed by atoms with E-state index in [4.69, 9.17) is 14.2 Å². The molecule has 18 nitrogen and oxygen atoms in total. The Hall–Kier alpha value is -7.01. The number of benzene rings is 3. The number of hydrogen-bond donors (Lipinski definition) is 4. The first-order valence-corrected chi connectivity index (χ1v) is 28.3. The third-order valence-corrected chi connectivity index (χ3v) is 18.0. The van der Waals surface area contributed by atoms with Crippen LogP contribution in [0.1, 0.15) is 111 Å². The summed E-state index contributed by atoms with van der Waals surface area (Å²) < 4.78 is 91.6. The van der Waals surface area contributed by atoms with Crippen molar-refractivity contribution in [1.29, 1.82) is 0 Å². The Morgan fingerprint density at radius 3 is 2.38 bits per heavy atom. The molecule has 0 radical (unpaired) electrons. The Kier molecular flexibility index (Phi) is 15.6. The van der Waals surface area contributed by atoms with Crippen molar-refractivity contribution in [3.63, 3.8) is 0 Å². The summed E-state index contributed by atoms with van der Waals surface area (Å²) in [5, 5.41) is 25.6. The van der Waals surface area contributed by atoms with Gasteiger partial charge in [0.25, 0.3) is 21.8 Å². The third-order valence-electron chi connectivity index (χ3n) is 16.7. The van der Waals surface area contributed by atoms with Gasteiger partial charge in [-0.25, -0.2) is 31.3 Å². The van der Waals surface area contributed by atoms with Crippen molar-refractivity contribution in [1.82, 2.24) is 29.5 Å². The number of sulfonamides is 1. The quantitative estimate of drug-likeness (QED) is 0.0494. The van der Waals surface area contributed by atoms with Crippen LogP contribution in [0.5, 0.6) is 23.1 Å². The number of aliphatic hydroxyl groups is 1. The van der Waals surface area contributed by atoms with E-state index in [0.717, 1.165) is 56.8 Å². The Morgan fingerprint density at radius 1 is 0.924 bits per heavy atom. The molecule has 1 amide bonds. The molecule has 79 heavy (non-hydrogen) atoms. The number of anilines is 2. The predicted molar refractivity (Wildman–Crippen MR) is 291 cm³/mol. The van der Waals surface area contributed by atoms with Gasteiger partial charge in [0.05, 0.1) is 41.9 Å². The summed E-state index contributed by atoms with van der Waals surface area (Å²) in [5.41, 5.74) is 2.13. The van der Waals surface area contributed by atoms with Crippen LogP contribution in [0, 0.1) is 38.9 Å². The summed E-state index contributed by atoms with van der Waals surface area (Å²) in [4.78, 5) is 43.2. The number of aromatic amines is 1. The number of fused-ring (bicyclic) bond motifs is 1. The zero-order valence-electron chi connectivity index (χ0n) is 44.9. The Balaban J connectivity index is 0.858. The molecule has 2 saturated carbocycles. The number of piperidine rings is 1. The summed E-state index contributed by atoms with van der Waals surface area (Å²) in [6.07, 6.45) is 8.32. The molecular weight excluding hydrogens is 1040 g/mol. The van der Waals surface area contributed by atoms with Crippen LogP contribution in [0.2, 0.25) is 0 Å². The number of carbonyl (C=O) groups is 1. The van der Waals surface area contributed by atoms with Crippen LogP contribution in [0.25, 0.3) is 11.0 Å². The molecule has 5 heterocycles. The topological polar surface area (TPSA) is 218 Å². The lowest BCUT2D eigenvalue weighted by Gasteiger charge is -2.58. The fraction of sp³-hybridized carbons (Fsp3) is 0.456. The smallest absolute Gasteiger partial charge is 0.312 e. The highest BCUT2D eigenvalue weighted by molar-refractivity contribution is 7.90. The van der Waals surface area contributed by atoms with E-state index in [0.29, 0.717) is 70.1 Å². The molecule has 2 aliphatic heterocycles. The van der Waals surface area contributed by atoms with Gasteiger partial charge in [-0.2, -0.15) is 4.98 Å². The molecule has 6 aromatic rings. The van der Waals surface area contributed by atoms with Gasteiger partial charge in [-0.3, -0.25) is 24.7 Å². The molecule has 4 fully saturated rings. The number of carbonyl (C=O) groups excluding carboxylic acids is 1. The number of nitro groups is 1. The first-order valence-electron chi connectivity index (χ1n) is 26.8. The molecule has 22 heteroatoms. The molecule has 10 rings (SSSR count). The Bertz CT molecular complexity index is 3370. The molecule has 0 unspecified atom stereocenters. The molecule has 4 N–H and O–H groups in total. The number of H-pyrrole nitrogens is 1. The summed E-state index contributed by atoms with van der Waals surface area (Å²) in [6, 6.07) is 18.1. The maximum Gasteiger partial charge on any atom is 0.312 e. The van der Waals surface area contributed by atoms with Crippen LogP contribution in [0.15, 0.2) is 84.0 Å². The maximum atomic E-state index is 15.2. The minimum Gasteiger partial charge on any atom is -0.494 e. The summed E-state index contributed by atoms with van der Waals surface area (Å²) in [5.74, 6) is -2.89. The number of pyridine rings is 2. The molecule has 1 spiro atoms. The van der Waals surface area contributed by atoms with Gasteiger partial charge in [-0.05, 0) is 105 Å². The number of halogens is 3. The lowest BCUT2D eigenvalue weighted by atomic mass is 9.59. The van der Waals surface area contributed by atoms with Gasteiger partial charge in [0.1, 0.15) is 27.9 Å². The number of rotatable bonds is 17. The predicted octanol–water partition coefficient (Wildman–Crippen LogP) is 10.00. The van der Waals surface area contributed by atoms with Crippen molar-refractivity contribution in [3.05, 3.63) is 129 Å². The van der Waals surface area contributed by atoms with Gasteiger partial charge in [-0.15, -0.1) is 0 Å². The maximum absolute atomic E-state index is 15.2. The highest BCUT2D eigenvalue weighted by Crippen LogP contribution is 2.54. The van der Waals surface area contributed by atoms with E-state index in [1.54, 1.807) is 19.1 Å². The number of aromatic nitrogens is 3. The Labute approximate surface area is 456 Å². The molecule has 2 saturated heterocycles. The van der Waals surface area contributed by atoms with Crippen LogP contribution in [-0.2, 0) is 16.6 Å². The number of ether oxygens (including phenoxy) is 3. The fourth-order valence-corrected chi connectivity index (χ4v) is 13.0. The van der Waals surface area contributed by atoms with Gasteiger partial charge in [-0.1, -0.05) is 38.1 Å². The number of nitrogens with one attached hydrogen (secondary N) is 3. The van der Waals surface area contributed by atoms with Gasteiger partial charge in [0.2, 0.25) is 5.82 Å². The van der Waals surface area contributed by atoms with E-state index < -0.39 is 54.5 Å². The van der Waals surface area contributed by atoms with Crippen LogP contribution in [0.3, 0.4) is 0 Å². The zero-order chi connectivity index (χ0) is 56.0. The molecule has 420 valence electrons. The average molecular weight is 1110 g/mol. The van der Waals surface area contributed by atoms with Gasteiger partial charge < -0.3 is 34.5 Å². The molecule has 0 bridgehead atoms. The SMILES string of the molecule is COc1cc(F)c(CN2CCN(C3CC4(CCN(c5ccc(C(=O)NS(=O)(=O)c6cnc(NCC7CCC(C)(O)CC7)c([N+](=O)[O-])c6)c(Oc6cc7c(F)c[nH]c7nc6OC)c5)CC4)C3)[C@H](c3ccccc3C(C)C)C2)cc1F. The molecule has 1 atom stereocenters. The standard InChI is InChI=1S/C57H66F3N9O9S/c1-34(2)40-8-6-7-9-41(40)48-33-66(32-36-22-45(59)50(76-4)26-44(36)58)20-21-68(48)38-27-57(28-38)16-18-67(19-17-57)37-10-11-42(49(23-37)78-51-25-43-46(60)31-63-52(43)64-55(51)77-5)54(70)65-79(74,75)39-24-47(69(72)73)53(62-30-39)61-29-35-12-14-56(3,71)15-13-35/h6-11,22-26,30-31,34-35,38,48,71H,12-21,27-29,32-33H2,1-5H3,(H,61,62)(H,63,64)(H,65,70)/t35?,48-,56?/m0/s1. The van der Waals surface area contributed by atoms with Crippen LogP contribution in [0.4, 0.5) is 30.4 Å². The molecule has 3 aromatic heterocycles. The van der Waals surface area contributed by atoms with Crippen molar-refractivity contribution < 1.29 is 50.6 Å². The van der Waals surface area contributed by atoms with Crippen molar-refractivity contribution in [2.24, 2.45) is 11.3 Å². The van der Waals surface area contributed by atoms with E-state index in [9.17, 15) is 37.2 Å². The molecule has 2 aliphatic carbocycles. The van der Waals surface area contributed by atoms with E-state index in [2.05, 4.69) is 73.1 Å². The summed E-state index contributed by atoms with van der Waals surface area (Å²) in [7, 11) is -2.11. The Morgan fingerprint density at radius 2 is 1.67 bits per heavy atom. The second-order valence-corrected chi connectivity index (χ2v) is 23.9. The summed E-state index contributed by atoms with van der Waals surface area (Å²) in [6.45, 7) is 10.1. The lowest BCUT2D eigenvalue weighted by Crippen LogP contribution is -2.60. The van der Waals surface area contributed by atoms with Crippen LogP contribution in [-0.4, -0.2) is 114 Å². The average Bonchev–Trinajstić information content (AvgIpc) is 3.98. The van der Waals surface area contributed by atoms with E-state index >= 15 is 4.39 Å². The fourth-order valence-electron chi connectivity index (χ4n) is 12.1. The first-order chi connectivity index (χ1) is 37.7. The van der Waals surface area contributed by atoms with E-state index in [-0.39, 0.29) is 80.9 Å². The van der Waals surface area contributed by atoms with Crippen molar-refractivity contribution in [2.75, 3.05) is 63.7 Å². The van der Waals surface area contributed by atoms with Gasteiger partial charge >= 0.3 is 5.69 Å². The molecule has 3 aromatic carbocycles. The van der Waals surface area contributed by atoms with Gasteiger partial charge in [0, 0.05) is 99.6 Å². The number of methoxy groups -OCH3 is 2. The third kappa shape index (κ3) is 11.7. The highest BCUT2D eigenvalue weighted by Gasteiger charge is 2.50.